The summed E-state index contributed by atoms with van der Waals surface area (Å²) in [6.07, 6.45) is 1.27. The second-order valence-electron chi connectivity index (χ2n) is 5.96. The molecule has 0 amide bonds. The number of carbonyl (C=O) groups excluding carboxylic acids is 1. The molecule has 10 nitrogen and oxygen atoms in total. The maximum atomic E-state index is 12.3. The van der Waals surface area contributed by atoms with Crippen molar-refractivity contribution in [2.45, 2.75) is 0 Å². The lowest BCUT2D eigenvalue weighted by Gasteiger charge is -2.07. The van der Waals surface area contributed by atoms with E-state index in [-0.39, 0.29) is 35.4 Å². The fraction of sp³-hybridized carbons (Fsp3) is 0.158. The average Bonchev–Trinajstić information content (AvgIpc) is 3.33. The van der Waals surface area contributed by atoms with E-state index in [1.807, 2.05) is 0 Å². The molecule has 2 aromatic carbocycles. The van der Waals surface area contributed by atoms with Crippen LogP contribution in [-0.4, -0.2) is 37.8 Å². The summed E-state index contributed by atoms with van der Waals surface area (Å²) in [6, 6.07) is 7.57. The van der Waals surface area contributed by atoms with Gasteiger partial charge in [0.05, 0.1) is 30.8 Å². The van der Waals surface area contributed by atoms with Crippen LogP contribution in [0.4, 0.5) is 5.69 Å². The first-order valence-corrected chi connectivity index (χ1v) is 8.32. The quantitative estimate of drug-likeness (QED) is 0.326. The van der Waals surface area contributed by atoms with Crippen LogP contribution >= 0.6 is 0 Å². The van der Waals surface area contributed by atoms with Gasteiger partial charge in [-0.05, 0) is 24.3 Å². The van der Waals surface area contributed by atoms with Gasteiger partial charge in [0.25, 0.3) is 5.69 Å². The number of hydrogen-bond acceptors (Lipinski definition) is 9. The molecule has 2 heterocycles. The molecular weight excluding hydrogens is 384 g/mol. The Morgan fingerprint density at radius 2 is 1.72 bits per heavy atom. The van der Waals surface area contributed by atoms with Crippen LogP contribution in [0.15, 0.2) is 41.0 Å². The SMILES string of the molecule is COc1cc(OC)cc(C2=N/C(=C\c3cc4c(cc3[N+](=O)[O-])OCO4)C(=O)O2)c1. The van der Waals surface area contributed by atoms with Crippen LogP contribution in [0.5, 0.6) is 23.0 Å². The van der Waals surface area contributed by atoms with E-state index < -0.39 is 10.9 Å². The number of aliphatic imine (C=N–C) groups is 1. The van der Waals surface area contributed by atoms with Gasteiger partial charge in [0.15, 0.2) is 17.2 Å². The van der Waals surface area contributed by atoms with E-state index in [0.717, 1.165) is 0 Å². The van der Waals surface area contributed by atoms with Crippen LogP contribution in [-0.2, 0) is 9.53 Å². The van der Waals surface area contributed by atoms with Crippen LogP contribution in [0.1, 0.15) is 11.1 Å². The first-order chi connectivity index (χ1) is 14.0. The van der Waals surface area contributed by atoms with E-state index >= 15 is 0 Å². The molecule has 2 aromatic rings. The Morgan fingerprint density at radius 3 is 2.34 bits per heavy atom. The van der Waals surface area contributed by atoms with Crippen molar-refractivity contribution in [1.29, 1.82) is 0 Å². The minimum atomic E-state index is -0.742. The van der Waals surface area contributed by atoms with Crippen molar-refractivity contribution in [2.75, 3.05) is 21.0 Å². The molecule has 148 valence electrons. The number of nitrogens with zero attached hydrogens (tertiary/aromatic N) is 2. The second-order valence-corrected chi connectivity index (χ2v) is 5.96. The van der Waals surface area contributed by atoms with Gasteiger partial charge in [0.1, 0.15) is 11.5 Å². The Balaban J connectivity index is 1.75. The number of benzene rings is 2. The van der Waals surface area contributed by atoms with Crippen molar-refractivity contribution < 1.29 is 33.4 Å². The highest BCUT2D eigenvalue weighted by Gasteiger charge is 2.28. The molecule has 2 aliphatic heterocycles. The van der Waals surface area contributed by atoms with Gasteiger partial charge in [-0.2, -0.15) is 0 Å². The zero-order chi connectivity index (χ0) is 20.5. The maximum absolute atomic E-state index is 12.3. The van der Waals surface area contributed by atoms with Gasteiger partial charge >= 0.3 is 5.97 Å². The van der Waals surface area contributed by atoms with Crippen molar-refractivity contribution in [3.8, 4) is 23.0 Å². The number of carbonyl (C=O) groups is 1. The molecule has 0 aromatic heterocycles. The molecule has 2 aliphatic rings. The van der Waals surface area contributed by atoms with E-state index in [1.165, 1.54) is 32.4 Å². The number of rotatable bonds is 5. The number of hydrogen-bond donors (Lipinski definition) is 0. The monoisotopic (exact) mass is 398 g/mol. The molecule has 0 aliphatic carbocycles. The topological polar surface area (TPSA) is 119 Å². The smallest absolute Gasteiger partial charge is 0.363 e. The number of esters is 1. The third-order valence-electron chi connectivity index (χ3n) is 4.23. The summed E-state index contributed by atoms with van der Waals surface area (Å²) in [6.45, 7) is -0.0332. The van der Waals surface area contributed by atoms with Crippen molar-refractivity contribution in [1.82, 2.24) is 0 Å². The van der Waals surface area contributed by atoms with Crippen LogP contribution < -0.4 is 18.9 Å². The van der Waals surface area contributed by atoms with E-state index in [2.05, 4.69) is 4.99 Å². The molecule has 0 radical (unpaired) electrons. The highest BCUT2D eigenvalue weighted by atomic mass is 16.7. The summed E-state index contributed by atoms with van der Waals surface area (Å²) in [5.41, 5.74) is 0.252. The molecule has 0 unspecified atom stereocenters. The highest BCUT2D eigenvalue weighted by Crippen LogP contribution is 2.39. The first kappa shape index (κ1) is 18.3. The lowest BCUT2D eigenvalue weighted by molar-refractivity contribution is -0.385. The minimum absolute atomic E-state index is 0.0295. The van der Waals surface area contributed by atoms with Gasteiger partial charge in [-0.1, -0.05) is 0 Å². The average molecular weight is 398 g/mol. The van der Waals surface area contributed by atoms with Gasteiger partial charge in [0.2, 0.25) is 12.7 Å². The fourth-order valence-electron chi connectivity index (χ4n) is 2.83. The Labute approximate surface area is 164 Å². The number of fused-ring (bicyclic) bond motifs is 1. The lowest BCUT2D eigenvalue weighted by atomic mass is 10.1. The van der Waals surface area contributed by atoms with Gasteiger partial charge < -0.3 is 23.7 Å². The lowest BCUT2D eigenvalue weighted by Crippen LogP contribution is -2.06. The van der Waals surface area contributed by atoms with Crippen molar-refractivity contribution in [3.63, 3.8) is 0 Å². The zero-order valence-corrected chi connectivity index (χ0v) is 15.3. The largest absolute Gasteiger partial charge is 0.497 e. The minimum Gasteiger partial charge on any atom is -0.497 e. The van der Waals surface area contributed by atoms with Crippen molar-refractivity contribution in [3.05, 3.63) is 57.3 Å². The standard InChI is InChI=1S/C19H14N2O8/c1-25-12-3-11(4-13(7-12)26-2)18-20-14(19(22)29-18)5-10-6-16-17(28-9-27-16)8-15(10)21(23)24/h3-8H,9H2,1-2H3/b14-5-. The molecular formula is C19H14N2O8. The Kier molecular flexibility index (Phi) is 4.51. The van der Waals surface area contributed by atoms with Crippen molar-refractivity contribution in [2.24, 2.45) is 4.99 Å². The van der Waals surface area contributed by atoms with Gasteiger partial charge in [-0.25, -0.2) is 9.79 Å². The summed E-state index contributed by atoms with van der Waals surface area (Å²) in [7, 11) is 2.98. The van der Waals surface area contributed by atoms with E-state index in [1.54, 1.807) is 18.2 Å². The highest BCUT2D eigenvalue weighted by molar-refractivity contribution is 6.13. The van der Waals surface area contributed by atoms with Gasteiger partial charge in [-0.3, -0.25) is 10.1 Å². The normalized spacial score (nSPS) is 15.9. The maximum Gasteiger partial charge on any atom is 0.363 e. The van der Waals surface area contributed by atoms with E-state index in [0.29, 0.717) is 22.8 Å². The molecule has 0 bridgehead atoms. The Hall–Kier alpha value is -4.08. The predicted molar refractivity (Wildman–Crippen MR) is 99.4 cm³/mol. The summed E-state index contributed by atoms with van der Waals surface area (Å²) >= 11 is 0. The van der Waals surface area contributed by atoms with Gasteiger partial charge in [0, 0.05) is 11.6 Å². The molecule has 0 saturated carbocycles. The summed E-state index contributed by atoms with van der Waals surface area (Å²) in [4.78, 5) is 27.3. The predicted octanol–water partition coefficient (Wildman–Crippen LogP) is 2.69. The molecule has 10 heteroatoms. The molecule has 0 fully saturated rings. The Morgan fingerprint density at radius 1 is 1.07 bits per heavy atom. The molecule has 0 saturated heterocycles. The molecule has 29 heavy (non-hydrogen) atoms. The van der Waals surface area contributed by atoms with Crippen molar-refractivity contribution >= 4 is 23.6 Å². The van der Waals surface area contributed by atoms with Gasteiger partial charge in [-0.15, -0.1) is 0 Å². The Bertz CT molecular complexity index is 1070. The second kappa shape index (κ2) is 7.15. The summed E-state index contributed by atoms with van der Waals surface area (Å²) < 4.78 is 26.0. The van der Waals surface area contributed by atoms with Crippen LogP contribution in [0.2, 0.25) is 0 Å². The third-order valence-corrected chi connectivity index (χ3v) is 4.23. The van der Waals surface area contributed by atoms with Crippen LogP contribution in [0, 0.1) is 10.1 Å². The number of ether oxygens (including phenoxy) is 5. The molecule has 4 rings (SSSR count). The number of methoxy groups -OCH3 is 2. The number of nitro groups is 1. The van der Waals surface area contributed by atoms with Crippen LogP contribution in [0.25, 0.3) is 6.08 Å². The third kappa shape index (κ3) is 3.43. The van der Waals surface area contributed by atoms with E-state index in [4.69, 9.17) is 23.7 Å². The number of cyclic esters (lactones) is 1. The fourth-order valence-corrected chi connectivity index (χ4v) is 2.83. The first-order valence-electron chi connectivity index (χ1n) is 8.32. The molecule has 0 atom stereocenters. The molecule has 0 spiro atoms. The van der Waals surface area contributed by atoms with E-state index in [9.17, 15) is 14.9 Å². The zero-order valence-electron chi connectivity index (χ0n) is 15.3. The number of nitro benzene ring substituents is 1. The molecule has 0 N–H and O–H groups in total. The summed E-state index contributed by atoms with van der Waals surface area (Å²) in [5.74, 6) is 0.871. The van der Waals surface area contributed by atoms with Crippen LogP contribution in [0.3, 0.4) is 0 Å². The summed E-state index contributed by atoms with van der Waals surface area (Å²) in [5, 5.41) is 11.4.